The van der Waals surface area contributed by atoms with Gasteiger partial charge in [0.1, 0.15) is 11.7 Å². The summed E-state index contributed by atoms with van der Waals surface area (Å²) in [5, 5.41) is 21.0. The fraction of sp³-hybridized carbons (Fsp3) is 0.556. The molecule has 2 amide bonds. The van der Waals surface area contributed by atoms with E-state index in [4.69, 9.17) is 0 Å². The Hall–Kier alpha value is -3.20. The minimum atomic E-state index is -1.07. The fourth-order valence-corrected chi connectivity index (χ4v) is 5.70. The van der Waals surface area contributed by atoms with Gasteiger partial charge in [-0.15, -0.1) is 0 Å². The Kier molecular flexibility index (Phi) is 6.96. The summed E-state index contributed by atoms with van der Waals surface area (Å²) >= 11 is 0. The molecule has 2 aliphatic rings. The van der Waals surface area contributed by atoms with Crippen molar-refractivity contribution in [1.82, 2.24) is 25.3 Å². The number of likely N-dealkylation sites (tertiary alicyclic amines) is 1. The summed E-state index contributed by atoms with van der Waals surface area (Å²) in [4.78, 5) is 40.5. The predicted octanol–water partition coefficient (Wildman–Crippen LogP) is 2.82. The highest BCUT2D eigenvalue weighted by molar-refractivity contribution is 5.97. The summed E-state index contributed by atoms with van der Waals surface area (Å²) in [6.45, 7) is 8.38. The van der Waals surface area contributed by atoms with Crippen LogP contribution < -0.4 is 10.6 Å². The Balaban J connectivity index is 1.46. The van der Waals surface area contributed by atoms with Gasteiger partial charge >= 0.3 is 5.97 Å². The third-order valence-electron chi connectivity index (χ3n) is 7.42. The number of carbonyl (C=O) groups is 3. The van der Waals surface area contributed by atoms with Crippen molar-refractivity contribution < 1.29 is 19.5 Å². The molecule has 2 fully saturated rings. The maximum atomic E-state index is 13.4. The summed E-state index contributed by atoms with van der Waals surface area (Å²) in [6.07, 6.45) is 2.29. The SMILES string of the molecule is Cn1nc(-c2ccccc2)cc1C(=O)N[C@H]1CCN([C@H]2CC[C@@H](NC(C)(C)C)C[C@@]2(C)C(=O)O)C1=O. The first kappa shape index (κ1) is 25.9. The minimum Gasteiger partial charge on any atom is -0.481 e. The molecule has 2 heterocycles. The van der Waals surface area contributed by atoms with Crippen LogP contribution in [0.2, 0.25) is 0 Å². The first-order chi connectivity index (χ1) is 16.9. The molecule has 1 aliphatic heterocycles. The zero-order valence-electron chi connectivity index (χ0n) is 21.7. The molecule has 36 heavy (non-hydrogen) atoms. The number of rotatable bonds is 6. The zero-order valence-corrected chi connectivity index (χ0v) is 21.7. The van der Waals surface area contributed by atoms with Gasteiger partial charge in [0, 0.05) is 36.8 Å². The predicted molar refractivity (Wildman–Crippen MR) is 136 cm³/mol. The van der Waals surface area contributed by atoms with Crippen LogP contribution in [0.5, 0.6) is 0 Å². The first-order valence-electron chi connectivity index (χ1n) is 12.6. The van der Waals surface area contributed by atoms with E-state index in [2.05, 4.69) is 36.5 Å². The molecular weight excluding hydrogens is 458 g/mol. The number of nitrogens with one attached hydrogen (secondary N) is 2. The Morgan fingerprint density at radius 2 is 1.83 bits per heavy atom. The van der Waals surface area contributed by atoms with Crippen molar-refractivity contribution in [2.24, 2.45) is 12.5 Å². The molecule has 9 nitrogen and oxygen atoms in total. The topological polar surface area (TPSA) is 117 Å². The molecule has 9 heteroatoms. The van der Waals surface area contributed by atoms with Crippen molar-refractivity contribution in [1.29, 1.82) is 0 Å². The highest BCUT2D eigenvalue weighted by Gasteiger charge is 2.52. The number of carbonyl (C=O) groups excluding carboxylic acids is 2. The lowest BCUT2D eigenvalue weighted by molar-refractivity contribution is -0.158. The van der Waals surface area contributed by atoms with Crippen molar-refractivity contribution in [3.63, 3.8) is 0 Å². The van der Waals surface area contributed by atoms with Crippen LogP contribution in [0.1, 0.15) is 63.9 Å². The number of aryl methyl sites for hydroxylation is 1. The zero-order chi connectivity index (χ0) is 26.3. The largest absolute Gasteiger partial charge is 0.481 e. The summed E-state index contributed by atoms with van der Waals surface area (Å²) in [5.74, 6) is -1.48. The number of aromatic nitrogens is 2. The molecule has 4 atom stereocenters. The van der Waals surface area contributed by atoms with Gasteiger partial charge in [-0.3, -0.25) is 19.1 Å². The molecule has 194 valence electrons. The van der Waals surface area contributed by atoms with Crippen molar-refractivity contribution in [3.8, 4) is 11.3 Å². The average molecular weight is 496 g/mol. The van der Waals surface area contributed by atoms with E-state index in [0.717, 1.165) is 12.0 Å². The minimum absolute atomic E-state index is 0.0687. The van der Waals surface area contributed by atoms with Crippen molar-refractivity contribution in [2.75, 3.05) is 6.54 Å². The summed E-state index contributed by atoms with van der Waals surface area (Å²) < 4.78 is 1.51. The molecule has 1 saturated heterocycles. The molecule has 0 radical (unpaired) electrons. The van der Waals surface area contributed by atoms with E-state index >= 15 is 0 Å². The third kappa shape index (κ3) is 5.16. The number of carboxylic acids is 1. The second-order valence-corrected chi connectivity index (χ2v) is 11.4. The standard InChI is InChI=1S/C27H37N5O4/c1-26(2,3)29-18-11-12-22(27(4,16-18)25(35)36)32-14-13-19(24(32)34)28-23(33)21-15-20(30-31(21)5)17-9-7-6-8-10-17/h6-10,15,18-19,22,29H,11-14,16H2,1-5H3,(H,28,33)(H,35,36)/t18-,19+,22+,27-/m1/s1. The fourth-order valence-electron chi connectivity index (χ4n) is 5.70. The van der Waals surface area contributed by atoms with Crippen LogP contribution in [-0.2, 0) is 16.6 Å². The van der Waals surface area contributed by atoms with Crippen LogP contribution in [0.15, 0.2) is 36.4 Å². The molecule has 1 aliphatic carbocycles. The van der Waals surface area contributed by atoms with E-state index in [0.29, 0.717) is 37.2 Å². The molecule has 0 unspecified atom stereocenters. The Morgan fingerprint density at radius 3 is 2.47 bits per heavy atom. The Morgan fingerprint density at radius 1 is 1.14 bits per heavy atom. The van der Waals surface area contributed by atoms with Gasteiger partial charge in [-0.2, -0.15) is 5.10 Å². The molecule has 2 aromatic rings. The van der Waals surface area contributed by atoms with Gasteiger partial charge < -0.3 is 20.6 Å². The normalized spacial score (nSPS) is 26.8. The smallest absolute Gasteiger partial charge is 0.311 e. The van der Waals surface area contributed by atoms with Gasteiger partial charge in [0.25, 0.3) is 5.91 Å². The lowest BCUT2D eigenvalue weighted by atomic mass is 9.68. The molecule has 3 N–H and O–H groups in total. The van der Waals surface area contributed by atoms with E-state index in [9.17, 15) is 19.5 Å². The maximum absolute atomic E-state index is 13.4. The number of aliphatic carboxylic acids is 1. The number of hydrogen-bond donors (Lipinski definition) is 3. The van der Waals surface area contributed by atoms with Crippen molar-refractivity contribution in [3.05, 3.63) is 42.1 Å². The van der Waals surface area contributed by atoms with E-state index in [1.165, 1.54) is 4.68 Å². The monoisotopic (exact) mass is 495 g/mol. The van der Waals surface area contributed by atoms with Crippen LogP contribution in [0.25, 0.3) is 11.3 Å². The number of hydrogen-bond acceptors (Lipinski definition) is 5. The lowest BCUT2D eigenvalue weighted by Crippen LogP contribution is -2.59. The highest BCUT2D eigenvalue weighted by Crippen LogP contribution is 2.41. The quantitative estimate of drug-likeness (QED) is 0.568. The first-order valence-corrected chi connectivity index (χ1v) is 12.6. The van der Waals surface area contributed by atoms with E-state index in [1.807, 2.05) is 30.3 Å². The Labute approximate surface area is 212 Å². The van der Waals surface area contributed by atoms with E-state index in [-0.39, 0.29) is 23.4 Å². The Bertz CT molecular complexity index is 1140. The number of carboxylic acid groups (broad SMARTS) is 1. The molecule has 0 spiro atoms. The second kappa shape index (κ2) is 9.69. The van der Waals surface area contributed by atoms with E-state index in [1.54, 1.807) is 24.9 Å². The molecule has 1 aromatic carbocycles. The average Bonchev–Trinajstić information content (AvgIpc) is 3.36. The highest BCUT2D eigenvalue weighted by atomic mass is 16.4. The number of amides is 2. The van der Waals surface area contributed by atoms with E-state index < -0.39 is 23.5 Å². The molecule has 1 saturated carbocycles. The van der Waals surface area contributed by atoms with Crippen LogP contribution in [0.4, 0.5) is 0 Å². The summed E-state index contributed by atoms with van der Waals surface area (Å²) in [7, 11) is 1.70. The maximum Gasteiger partial charge on any atom is 0.311 e. The van der Waals surface area contributed by atoms with Gasteiger partial charge in [0.2, 0.25) is 5.91 Å². The second-order valence-electron chi connectivity index (χ2n) is 11.4. The van der Waals surface area contributed by atoms with Gasteiger partial charge in [-0.1, -0.05) is 30.3 Å². The van der Waals surface area contributed by atoms with Gasteiger partial charge in [-0.25, -0.2) is 0 Å². The third-order valence-corrected chi connectivity index (χ3v) is 7.42. The van der Waals surface area contributed by atoms with Crippen LogP contribution in [-0.4, -0.2) is 67.8 Å². The van der Waals surface area contributed by atoms with Crippen LogP contribution >= 0.6 is 0 Å². The number of benzene rings is 1. The molecule has 0 bridgehead atoms. The molecule has 1 aromatic heterocycles. The molecular formula is C27H37N5O4. The van der Waals surface area contributed by atoms with Gasteiger partial charge in [0.05, 0.1) is 11.1 Å². The lowest BCUT2D eigenvalue weighted by Gasteiger charge is -2.47. The summed E-state index contributed by atoms with van der Waals surface area (Å²) in [6, 6.07) is 10.3. The van der Waals surface area contributed by atoms with Gasteiger partial charge in [-0.05, 0) is 59.4 Å². The van der Waals surface area contributed by atoms with Crippen molar-refractivity contribution in [2.45, 2.75) is 77.0 Å². The van der Waals surface area contributed by atoms with Gasteiger partial charge in [0.15, 0.2) is 0 Å². The summed E-state index contributed by atoms with van der Waals surface area (Å²) in [5.41, 5.74) is 0.758. The van der Waals surface area contributed by atoms with Crippen molar-refractivity contribution >= 4 is 17.8 Å². The van der Waals surface area contributed by atoms with Crippen LogP contribution in [0.3, 0.4) is 0 Å². The van der Waals surface area contributed by atoms with Crippen LogP contribution in [0, 0.1) is 5.41 Å². The number of nitrogens with zero attached hydrogens (tertiary/aromatic N) is 3. The molecule has 4 rings (SSSR count).